The number of nitrogens with zero attached hydrogens (tertiary/aromatic N) is 2. The second-order valence-electron chi connectivity index (χ2n) is 8.32. The molecule has 0 bridgehead atoms. The average Bonchev–Trinajstić information content (AvgIpc) is 3.52. The maximum atomic E-state index is 13.2. The lowest BCUT2D eigenvalue weighted by molar-refractivity contribution is -0.380. The van der Waals surface area contributed by atoms with Gasteiger partial charge in [0.25, 0.3) is 5.56 Å². The number of aromatic amines is 2. The van der Waals surface area contributed by atoms with Crippen LogP contribution in [0.2, 0.25) is 0 Å². The molecule has 0 amide bonds. The molecular weight excluding hydrogens is 448 g/mol. The van der Waals surface area contributed by atoms with Crippen LogP contribution in [-0.2, 0) is 0 Å². The molecule has 5 aromatic rings. The zero-order valence-corrected chi connectivity index (χ0v) is 18.0. The van der Waals surface area contributed by atoms with E-state index in [1.165, 1.54) is 12.1 Å². The number of phenols is 1. The first-order valence-electron chi connectivity index (χ1n) is 10.6. The molecule has 11 heteroatoms. The first kappa shape index (κ1) is 19.8. The third-order valence-corrected chi connectivity index (χ3v) is 7.45. The third kappa shape index (κ3) is 2.85. The summed E-state index contributed by atoms with van der Waals surface area (Å²) in [5.74, 6) is -0.519. The van der Waals surface area contributed by atoms with Gasteiger partial charge in [-0.3, -0.25) is 29.5 Å². The molecule has 0 radical (unpaired) electrons. The molecule has 4 heterocycles. The maximum absolute atomic E-state index is 13.2. The molecular formula is C22H18N4O6S. The fourth-order valence-electron chi connectivity index (χ4n) is 4.87. The van der Waals surface area contributed by atoms with Gasteiger partial charge in [0.2, 0.25) is 11.2 Å². The number of benzene rings is 1. The first-order chi connectivity index (χ1) is 15.9. The van der Waals surface area contributed by atoms with Gasteiger partial charge in [0, 0.05) is 16.3 Å². The van der Waals surface area contributed by atoms with E-state index in [2.05, 4.69) is 10.1 Å². The van der Waals surface area contributed by atoms with Gasteiger partial charge in [-0.1, -0.05) is 30.6 Å². The van der Waals surface area contributed by atoms with Gasteiger partial charge in [0.15, 0.2) is 11.2 Å². The Bertz CT molecular complexity index is 1700. The molecule has 1 fully saturated rings. The lowest BCUT2D eigenvalue weighted by Crippen LogP contribution is -2.16. The molecule has 10 nitrogen and oxygen atoms in total. The Morgan fingerprint density at radius 2 is 1.91 bits per heavy atom. The Morgan fingerprint density at radius 1 is 1.12 bits per heavy atom. The van der Waals surface area contributed by atoms with E-state index < -0.39 is 16.1 Å². The number of hydrogen-bond donors (Lipinski definition) is 3. The number of furan rings is 1. The predicted octanol–water partition coefficient (Wildman–Crippen LogP) is 4.76. The highest BCUT2D eigenvalue weighted by Crippen LogP contribution is 2.44. The molecule has 0 atom stereocenters. The van der Waals surface area contributed by atoms with Crippen molar-refractivity contribution in [3.63, 3.8) is 0 Å². The van der Waals surface area contributed by atoms with Crippen LogP contribution in [0.4, 0.5) is 5.00 Å². The summed E-state index contributed by atoms with van der Waals surface area (Å²) in [5.41, 5.74) is 0.798. The van der Waals surface area contributed by atoms with Crippen molar-refractivity contribution in [2.75, 3.05) is 0 Å². The van der Waals surface area contributed by atoms with Crippen LogP contribution in [0, 0.1) is 10.1 Å². The molecule has 168 valence electrons. The van der Waals surface area contributed by atoms with Crippen molar-refractivity contribution >= 4 is 49.4 Å². The number of nitro groups is 1. The van der Waals surface area contributed by atoms with Crippen molar-refractivity contribution in [1.29, 1.82) is 0 Å². The second kappa shape index (κ2) is 7.07. The molecule has 1 aliphatic carbocycles. The van der Waals surface area contributed by atoms with E-state index in [0.717, 1.165) is 43.4 Å². The number of aromatic hydroxyl groups is 1. The molecule has 0 unspecified atom stereocenters. The number of rotatable bonds is 3. The highest BCUT2D eigenvalue weighted by atomic mass is 32.1. The quantitative estimate of drug-likeness (QED) is 0.258. The number of nitrogens with one attached hydrogen (secondary N) is 2. The molecule has 0 spiro atoms. The van der Waals surface area contributed by atoms with Gasteiger partial charge in [0.05, 0.1) is 27.4 Å². The first-order valence-corrected chi connectivity index (χ1v) is 11.4. The van der Waals surface area contributed by atoms with Crippen molar-refractivity contribution in [2.45, 2.75) is 38.1 Å². The summed E-state index contributed by atoms with van der Waals surface area (Å²) < 4.78 is 7.78. The lowest BCUT2D eigenvalue weighted by Gasteiger charge is -2.23. The molecule has 33 heavy (non-hydrogen) atoms. The zero-order valence-electron chi connectivity index (χ0n) is 17.2. The van der Waals surface area contributed by atoms with E-state index in [9.17, 15) is 24.8 Å². The molecule has 4 aromatic heterocycles. The van der Waals surface area contributed by atoms with Crippen molar-refractivity contribution < 1.29 is 14.4 Å². The van der Waals surface area contributed by atoms with E-state index >= 15 is 0 Å². The Morgan fingerprint density at radius 3 is 2.64 bits per heavy atom. The van der Waals surface area contributed by atoms with Crippen LogP contribution in [-0.4, -0.2) is 24.8 Å². The number of hydrogen-bond acceptors (Lipinski definition) is 7. The van der Waals surface area contributed by atoms with E-state index in [-0.39, 0.29) is 27.8 Å². The van der Waals surface area contributed by atoms with Gasteiger partial charge in [-0.2, -0.15) is 0 Å². The molecule has 0 saturated heterocycles. The van der Waals surface area contributed by atoms with Crippen molar-refractivity contribution in [1.82, 2.24) is 14.8 Å². The number of pyridine rings is 1. The molecule has 1 aliphatic rings. The minimum atomic E-state index is -0.580. The highest BCUT2D eigenvalue weighted by molar-refractivity contribution is 7.18. The monoisotopic (exact) mass is 466 g/mol. The summed E-state index contributed by atoms with van der Waals surface area (Å²) in [4.78, 5) is 39.8. The summed E-state index contributed by atoms with van der Waals surface area (Å²) >= 11 is 0.935. The number of aromatic nitrogens is 3. The molecule has 6 rings (SSSR count). The fourth-order valence-corrected chi connectivity index (χ4v) is 5.74. The Labute approximate surface area is 188 Å². The highest BCUT2D eigenvalue weighted by Gasteiger charge is 2.27. The SMILES string of the molecule is O=c1ccc2c(oc3c(-c4ccc([N+](=O)[O-])s4)c4c(=O)[nH]n(C5CCCCC5)c4[nH]c32)c1O. The minimum absolute atomic E-state index is 0.00866. The smallest absolute Gasteiger partial charge is 0.324 e. The number of fused-ring (bicyclic) bond motifs is 4. The van der Waals surface area contributed by atoms with E-state index in [4.69, 9.17) is 4.42 Å². The van der Waals surface area contributed by atoms with Crippen molar-refractivity contribution in [3.8, 4) is 16.2 Å². The van der Waals surface area contributed by atoms with Crippen LogP contribution in [0.3, 0.4) is 0 Å². The van der Waals surface area contributed by atoms with Crippen molar-refractivity contribution in [3.05, 3.63) is 55.0 Å². The van der Waals surface area contributed by atoms with E-state index in [1.54, 1.807) is 12.1 Å². The van der Waals surface area contributed by atoms with Gasteiger partial charge in [-0.25, -0.2) is 0 Å². The number of thiophene rings is 1. The van der Waals surface area contributed by atoms with E-state index in [1.807, 2.05) is 4.68 Å². The molecule has 1 saturated carbocycles. The van der Waals surface area contributed by atoms with Crippen LogP contribution in [0.5, 0.6) is 5.75 Å². The Hall–Kier alpha value is -3.86. The second-order valence-corrected chi connectivity index (χ2v) is 9.38. The molecule has 1 aromatic carbocycles. The summed E-state index contributed by atoms with van der Waals surface area (Å²) in [5, 5.41) is 25.3. The van der Waals surface area contributed by atoms with Gasteiger partial charge < -0.3 is 14.5 Å². The van der Waals surface area contributed by atoms with Gasteiger partial charge >= 0.3 is 5.00 Å². The van der Waals surface area contributed by atoms with Crippen LogP contribution in [0.15, 0.2) is 38.3 Å². The number of phenolic OH excluding ortho intramolecular Hbond substituents is 1. The lowest BCUT2D eigenvalue weighted by atomic mass is 9.95. The topological polar surface area (TPSA) is 147 Å². The summed E-state index contributed by atoms with van der Waals surface area (Å²) in [6.45, 7) is 0. The van der Waals surface area contributed by atoms with Gasteiger partial charge in [-0.15, -0.1) is 0 Å². The zero-order chi connectivity index (χ0) is 22.9. The van der Waals surface area contributed by atoms with Crippen LogP contribution >= 0.6 is 11.3 Å². The predicted molar refractivity (Wildman–Crippen MR) is 124 cm³/mol. The summed E-state index contributed by atoms with van der Waals surface area (Å²) in [6.07, 6.45) is 5.14. The van der Waals surface area contributed by atoms with Gasteiger partial charge in [0.1, 0.15) is 5.65 Å². The largest absolute Gasteiger partial charge is 0.502 e. The average molecular weight is 466 g/mol. The standard InChI is InChI=1S/C22H18N4O6S/c27-12-7-6-11-17-20(32-19(11)18(12)28)15(13-8-9-14(33-13)26(30)31)16-21(23-17)25(24-22(16)29)10-4-2-1-3-5-10/h6-10,23,28H,1-5H2,(H,24,29). The van der Waals surface area contributed by atoms with Crippen LogP contribution < -0.4 is 11.0 Å². The van der Waals surface area contributed by atoms with Gasteiger partial charge in [-0.05, 0) is 31.0 Å². The maximum Gasteiger partial charge on any atom is 0.324 e. The molecule has 3 N–H and O–H groups in total. The van der Waals surface area contributed by atoms with Crippen LogP contribution in [0.1, 0.15) is 38.1 Å². The molecule has 0 aliphatic heterocycles. The third-order valence-electron chi connectivity index (χ3n) is 6.40. The summed E-state index contributed by atoms with van der Waals surface area (Å²) in [6, 6.07) is 5.90. The summed E-state index contributed by atoms with van der Waals surface area (Å²) in [7, 11) is 0. The Kier molecular flexibility index (Phi) is 4.24. The Balaban J connectivity index is 1.77. The minimum Gasteiger partial charge on any atom is -0.502 e. The van der Waals surface area contributed by atoms with E-state index in [0.29, 0.717) is 32.4 Å². The normalized spacial score (nSPS) is 15.2. The van der Waals surface area contributed by atoms with Crippen LogP contribution in [0.25, 0.3) is 43.5 Å². The van der Waals surface area contributed by atoms with Crippen molar-refractivity contribution in [2.24, 2.45) is 0 Å². The number of H-pyrrole nitrogens is 2. The fraction of sp³-hybridized carbons (Fsp3) is 0.273.